The van der Waals surface area contributed by atoms with E-state index in [1.165, 1.54) is 24.3 Å². The van der Waals surface area contributed by atoms with E-state index >= 15 is 0 Å². The molecule has 3 rings (SSSR count). The van der Waals surface area contributed by atoms with E-state index < -0.39 is 19.9 Å². The van der Waals surface area contributed by atoms with Crippen molar-refractivity contribution in [3.8, 4) is 5.75 Å². The summed E-state index contributed by atoms with van der Waals surface area (Å²) in [6, 6.07) is 21.3. The molecule has 1 N–H and O–H groups in total. The second-order valence-corrected chi connectivity index (χ2v) is 9.85. The third-order valence-corrected chi connectivity index (χ3v) is 6.44. The fourth-order valence-electron chi connectivity index (χ4n) is 2.44. The Morgan fingerprint density at radius 1 is 0.750 bits per heavy atom. The lowest BCUT2D eigenvalue weighted by Crippen LogP contribution is -2.13. The van der Waals surface area contributed by atoms with Gasteiger partial charge < -0.3 is 4.74 Å². The van der Waals surface area contributed by atoms with Crippen LogP contribution in [0.5, 0.6) is 5.75 Å². The van der Waals surface area contributed by atoms with Crippen molar-refractivity contribution < 1.29 is 21.6 Å². The van der Waals surface area contributed by atoms with Gasteiger partial charge in [-0.25, -0.2) is 16.8 Å². The molecule has 0 atom stereocenters. The molecule has 0 unspecified atom stereocenters. The van der Waals surface area contributed by atoms with Gasteiger partial charge in [-0.1, -0.05) is 30.3 Å². The van der Waals surface area contributed by atoms with Gasteiger partial charge in [0.1, 0.15) is 12.4 Å². The van der Waals surface area contributed by atoms with Crippen LogP contribution in [0.15, 0.2) is 88.7 Å². The molecule has 0 saturated heterocycles. The topological polar surface area (TPSA) is 89.5 Å². The summed E-state index contributed by atoms with van der Waals surface area (Å²) in [5.41, 5.74) is 1.41. The molecule has 0 aliphatic rings. The van der Waals surface area contributed by atoms with Crippen molar-refractivity contribution in [2.24, 2.45) is 0 Å². The Kier molecular flexibility index (Phi) is 5.71. The van der Waals surface area contributed by atoms with Crippen LogP contribution in [0.25, 0.3) is 0 Å². The number of sulfonamides is 1. The molecule has 0 aromatic heterocycles. The third kappa shape index (κ3) is 5.11. The van der Waals surface area contributed by atoms with Gasteiger partial charge in [-0.15, -0.1) is 0 Å². The molecule has 0 saturated carbocycles. The Morgan fingerprint density at radius 3 is 1.89 bits per heavy atom. The Hall–Kier alpha value is -2.84. The van der Waals surface area contributed by atoms with Crippen LogP contribution in [-0.2, 0) is 26.5 Å². The molecule has 6 nitrogen and oxygen atoms in total. The lowest BCUT2D eigenvalue weighted by Gasteiger charge is -2.10. The summed E-state index contributed by atoms with van der Waals surface area (Å²) in [5.74, 6) is 0.615. The van der Waals surface area contributed by atoms with Crippen LogP contribution in [-0.4, -0.2) is 23.1 Å². The van der Waals surface area contributed by atoms with E-state index in [0.29, 0.717) is 18.0 Å². The second kappa shape index (κ2) is 8.04. The van der Waals surface area contributed by atoms with Crippen LogP contribution in [0.2, 0.25) is 0 Å². The van der Waals surface area contributed by atoms with Crippen LogP contribution in [0.4, 0.5) is 5.69 Å². The summed E-state index contributed by atoms with van der Waals surface area (Å²) in [4.78, 5) is 0.0377. The summed E-state index contributed by atoms with van der Waals surface area (Å²) in [6.45, 7) is 0.415. The Labute approximate surface area is 164 Å². The summed E-state index contributed by atoms with van der Waals surface area (Å²) in [5, 5.41) is 0. The van der Waals surface area contributed by atoms with E-state index in [1.54, 1.807) is 24.3 Å². The van der Waals surface area contributed by atoms with Gasteiger partial charge in [-0.3, -0.25) is 4.72 Å². The smallest absolute Gasteiger partial charge is 0.261 e. The lowest BCUT2D eigenvalue weighted by molar-refractivity contribution is 0.306. The van der Waals surface area contributed by atoms with Crippen LogP contribution < -0.4 is 9.46 Å². The van der Waals surface area contributed by atoms with Crippen LogP contribution in [0.3, 0.4) is 0 Å². The number of hydrogen-bond acceptors (Lipinski definition) is 5. The molecule has 8 heteroatoms. The van der Waals surface area contributed by atoms with Gasteiger partial charge in [0.2, 0.25) is 0 Å². The monoisotopic (exact) mass is 417 g/mol. The largest absolute Gasteiger partial charge is 0.489 e. The van der Waals surface area contributed by atoms with E-state index in [1.807, 2.05) is 30.3 Å². The molecule has 0 amide bonds. The number of rotatable bonds is 7. The fraction of sp³-hybridized carbons (Fsp3) is 0.100. The quantitative estimate of drug-likeness (QED) is 0.636. The molecule has 0 fully saturated rings. The molecule has 0 aliphatic heterocycles. The average molecular weight is 418 g/mol. The zero-order valence-electron chi connectivity index (χ0n) is 15.1. The summed E-state index contributed by atoms with van der Waals surface area (Å²) < 4.78 is 56.0. The average Bonchev–Trinajstić information content (AvgIpc) is 2.67. The van der Waals surface area contributed by atoms with E-state index in [2.05, 4.69) is 4.72 Å². The van der Waals surface area contributed by atoms with E-state index in [4.69, 9.17) is 4.74 Å². The minimum absolute atomic E-state index is 0.0238. The van der Waals surface area contributed by atoms with Crippen LogP contribution >= 0.6 is 0 Å². The Balaban J connectivity index is 1.67. The second-order valence-electron chi connectivity index (χ2n) is 6.15. The molecule has 0 aliphatic carbocycles. The molecule has 28 heavy (non-hydrogen) atoms. The molecule has 146 valence electrons. The van der Waals surface area contributed by atoms with Gasteiger partial charge in [-0.05, 0) is 54.1 Å². The van der Waals surface area contributed by atoms with E-state index in [9.17, 15) is 16.8 Å². The summed E-state index contributed by atoms with van der Waals surface area (Å²) >= 11 is 0. The van der Waals surface area contributed by atoms with Crippen molar-refractivity contribution >= 4 is 25.5 Å². The van der Waals surface area contributed by atoms with Crippen molar-refractivity contribution in [3.05, 3.63) is 84.4 Å². The number of hydrogen-bond donors (Lipinski definition) is 1. The maximum Gasteiger partial charge on any atom is 0.261 e. The van der Waals surface area contributed by atoms with Gasteiger partial charge in [0.15, 0.2) is 9.84 Å². The molecule has 0 radical (unpaired) electrons. The summed E-state index contributed by atoms with van der Waals surface area (Å²) in [7, 11) is -7.21. The van der Waals surface area contributed by atoms with Crippen molar-refractivity contribution in [2.75, 3.05) is 11.0 Å². The SMILES string of the molecule is CS(=O)(=O)c1ccc(S(=O)(=O)Nc2ccc(OCc3ccccc3)cc2)cc1. The Bertz CT molecular complexity index is 1140. The van der Waals surface area contributed by atoms with Crippen molar-refractivity contribution in [2.45, 2.75) is 16.4 Å². The maximum absolute atomic E-state index is 12.5. The van der Waals surface area contributed by atoms with Crippen LogP contribution in [0.1, 0.15) is 5.56 Å². The minimum atomic E-state index is -3.83. The minimum Gasteiger partial charge on any atom is -0.489 e. The zero-order chi connectivity index (χ0) is 20.2. The highest BCUT2D eigenvalue weighted by atomic mass is 32.2. The molecular formula is C20H19NO5S2. The van der Waals surface area contributed by atoms with Crippen LogP contribution in [0, 0.1) is 0 Å². The first-order chi connectivity index (χ1) is 13.2. The first-order valence-corrected chi connectivity index (χ1v) is 11.7. The van der Waals surface area contributed by atoms with E-state index in [0.717, 1.165) is 11.8 Å². The number of ether oxygens (including phenoxy) is 1. The molecule has 0 heterocycles. The van der Waals surface area contributed by atoms with Gasteiger partial charge in [0.25, 0.3) is 10.0 Å². The number of benzene rings is 3. The highest BCUT2D eigenvalue weighted by Gasteiger charge is 2.16. The first kappa shape index (κ1) is 19.9. The predicted molar refractivity (Wildman–Crippen MR) is 108 cm³/mol. The normalized spacial score (nSPS) is 11.8. The molecule has 3 aromatic carbocycles. The lowest BCUT2D eigenvalue weighted by atomic mass is 10.2. The molecule has 3 aromatic rings. The standard InChI is InChI=1S/C20H19NO5S2/c1-27(22,23)19-11-13-20(14-12-19)28(24,25)21-17-7-9-18(10-8-17)26-15-16-5-3-2-4-6-16/h2-14,21H,15H2,1H3. The maximum atomic E-state index is 12.5. The number of anilines is 1. The van der Waals surface area contributed by atoms with Gasteiger partial charge in [0.05, 0.1) is 9.79 Å². The van der Waals surface area contributed by atoms with Gasteiger partial charge >= 0.3 is 0 Å². The third-order valence-electron chi connectivity index (χ3n) is 3.92. The zero-order valence-corrected chi connectivity index (χ0v) is 16.7. The van der Waals surface area contributed by atoms with Gasteiger partial charge in [-0.2, -0.15) is 0 Å². The summed E-state index contributed by atoms with van der Waals surface area (Å²) in [6.07, 6.45) is 1.07. The first-order valence-electron chi connectivity index (χ1n) is 8.34. The predicted octanol–water partition coefficient (Wildman–Crippen LogP) is 3.47. The molecule has 0 spiro atoms. The Morgan fingerprint density at radius 2 is 1.32 bits per heavy atom. The van der Waals surface area contributed by atoms with Crippen molar-refractivity contribution in [3.63, 3.8) is 0 Å². The van der Waals surface area contributed by atoms with Gasteiger partial charge in [0, 0.05) is 11.9 Å². The highest BCUT2D eigenvalue weighted by Crippen LogP contribution is 2.21. The van der Waals surface area contributed by atoms with E-state index in [-0.39, 0.29) is 9.79 Å². The van der Waals surface area contributed by atoms with Crippen molar-refractivity contribution in [1.82, 2.24) is 0 Å². The fourth-order valence-corrected chi connectivity index (χ4v) is 4.13. The molecule has 0 bridgehead atoms. The highest BCUT2D eigenvalue weighted by molar-refractivity contribution is 7.92. The number of sulfone groups is 1. The molecular weight excluding hydrogens is 398 g/mol. The van der Waals surface area contributed by atoms with Crippen molar-refractivity contribution in [1.29, 1.82) is 0 Å². The number of nitrogens with one attached hydrogen (secondary N) is 1.